The molecule has 10 heteroatoms. The standard InChI is InChI=1S/C26H27N3O5S2/c1-3-19-6-4-5-13-29(19)36(31,32)21-11-8-17(9-12-21)25(30)28-26-27-22(16-35-26)24-14-18-7-10-20(33-2)15-23(18)34-24/h7-12,14-16,19H,3-6,13H2,1-2H3,(H,27,28,30). The van der Waals surface area contributed by atoms with E-state index in [0.717, 1.165) is 31.1 Å². The highest BCUT2D eigenvalue weighted by atomic mass is 32.2. The molecule has 1 saturated heterocycles. The van der Waals surface area contributed by atoms with Crippen LogP contribution in [0.1, 0.15) is 43.0 Å². The molecule has 8 nitrogen and oxygen atoms in total. The van der Waals surface area contributed by atoms with Crippen LogP contribution in [0.25, 0.3) is 22.4 Å². The number of rotatable bonds is 7. The van der Waals surface area contributed by atoms with Crippen LogP contribution in [-0.2, 0) is 10.0 Å². The maximum atomic E-state index is 13.2. The Balaban J connectivity index is 1.29. The van der Waals surface area contributed by atoms with E-state index in [9.17, 15) is 13.2 Å². The number of piperidine rings is 1. The summed E-state index contributed by atoms with van der Waals surface area (Å²) in [6.07, 6.45) is 3.59. The molecule has 1 fully saturated rings. The second-order valence-electron chi connectivity index (χ2n) is 8.70. The summed E-state index contributed by atoms with van der Waals surface area (Å²) in [5.41, 5.74) is 1.65. The van der Waals surface area contributed by atoms with E-state index >= 15 is 0 Å². The lowest BCUT2D eigenvalue weighted by Crippen LogP contribution is -2.43. The minimum atomic E-state index is -3.59. The number of amides is 1. The van der Waals surface area contributed by atoms with E-state index in [0.29, 0.717) is 40.0 Å². The fraction of sp³-hybridized carbons (Fsp3) is 0.308. The summed E-state index contributed by atoms with van der Waals surface area (Å²) in [7, 11) is -1.99. The van der Waals surface area contributed by atoms with Crippen molar-refractivity contribution in [3.63, 3.8) is 0 Å². The summed E-state index contributed by atoms with van der Waals surface area (Å²) in [5.74, 6) is 0.931. The minimum absolute atomic E-state index is 0.0274. The normalized spacial score (nSPS) is 16.8. The lowest BCUT2D eigenvalue weighted by atomic mass is 10.0. The predicted molar refractivity (Wildman–Crippen MR) is 140 cm³/mol. The van der Waals surface area contributed by atoms with Gasteiger partial charge in [0.25, 0.3) is 5.91 Å². The molecule has 1 unspecified atom stereocenters. The zero-order chi connectivity index (χ0) is 25.3. The number of nitrogens with zero attached hydrogens (tertiary/aromatic N) is 2. The van der Waals surface area contributed by atoms with Crippen LogP contribution in [0.2, 0.25) is 0 Å². The molecule has 0 aliphatic carbocycles. The van der Waals surface area contributed by atoms with Crippen LogP contribution >= 0.6 is 11.3 Å². The number of carbonyl (C=O) groups is 1. The van der Waals surface area contributed by atoms with Crippen molar-refractivity contribution in [2.24, 2.45) is 0 Å². The summed E-state index contributed by atoms with van der Waals surface area (Å²) < 4.78 is 39.1. The van der Waals surface area contributed by atoms with E-state index in [1.54, 1.807) is 11.4 Å². The molecule has 0 saturated carbocycles. The molecular formula is C26H27N3O5S2. The number of benzene rings is 2. The number of ether oxygens (including phenoxy) is 1. The predicted octanol–water partition coefficient (Wildman–Crippen LogP) is 5.77. The van der Waals surface area contributed by atoms with Crippen LogP contribution in [0.5, 0.6) is 5.75 Å². The highest BCUT2D eigenvalue weighted by Gasteiger charge is 2.32. The van der Waals surface area contributed by atoms with Gasteiger partial charge in [0.15, 0.2) is 10.9 Å². The molecule has 1 amide bonds. The van der Waals surface area contributed by atoms with Gasteiger partial charge in [-0.1, -0.05) is 13.3 Å². The number of fused-ring (bicyclic) bond motifs is 1. The Morgan fingerprint density at radius 2 is 2.00 bits per heavy atom. The van der Waals surface area contributed by atoms with E-state index in [2.05, 4.69) is 10.3 Å². The number of thiazole rings is 1. The number of hydrogen-bond acceptors (Lipinski definition) is 7. The Kier molecular flexibility index (Phi) is 6.83. The third-order valence-corrected chi connectivity index (χ3v) is 9.20. The number of aromatic nitrogens is 1. The van der Waals surface area contributed by atoms with Gasteiger partial charge in [-0.15, -0.1) is 11.3 Å². The molecular weight excluding hydrogens is 498 g/mol. The van der Waals surface area contributed by atoms with Gasteiger partial charge >= 0.3 is 0 Å². The fourth-order valence-corrected chi connectivity index (χ4v) is 6.95. The number of hydrogen-bond donors (Lipinski definition) is 1. The molecule has 36 heavy (non-hydrogen) atoms. The van der Waals surface area contributed by atoms with E-state index in [-0.39, 0.29) is 16.8 Å². The van der Waals surface area contributed by atoms with Crippen molar-refractivity contribution in [2.75, 3.05) is 19.0 Å². The Labute approximate surface area is 214 Å². The highest BCUT2D eigenvalue weighted by Crippen LogP contribution is 2.32. The van der Waals surface area contributed by atoms with Crippen LogP contribution in [0.15, 0.2) is 63.2 Å². The van der Waals surface area contributed by atoms with Gasteiger partial charge in [-0.3, -0.25) is 10.1 Å². The first-order valence-electron chi connectivity index (χ1n) is 11.9. The van der Waals surface area contributed by atoms with Gasteiger partial charge in [0.2, 0.25) is 10.0 Å². The Morgan fingerprint density at radius 3 is 2.75 bits per heavy atom. The van der Waals surface area contributed by atoms with Crippen LogP contribution in [-0.4, -0.2) is 43.3 Å². The number of sulfonamides is 1. The SMILES string of the molecule is CCC1CCCCN1S(=O)(=O)c1ccc(C(=O)Nc2nc(-c3cc4ccc(OC)cc4o3)cs2)cc1. The molecule has 5 rings (SSSR count). The molecule has 1 aliphatic rings. The lowest BCUT2D eigenvalue weighted by Gasteiger charge is -2.34. The van der Waals surface area contributed by atoms with Gasteiger partial charge in [0.05, 0.1) is 12.0 Å². The highest BCUT2D eigenvalue weighted by molar-refractivity contribution is 7.89. The van der Waals surface area contributed by atoms with Crippen molar-refractivity contribution >= 4 is 43.4 Å². The first-order chi connectivity index (χ1) is 17.4. The van der Waals surface area contributed by atoms with Crippen LogP contribution < -0.4 is 10.1 Å². The summed E-state index contributed by atoms with van der Waals surface area (Å²) in [4.78, 5) is 17.5. The molecule has 3 heterocycles. The van der Waals surface area contributed by atoms with Crippen molar-refractivity contribution in [3.8, 4) is 17.2 Å². The van der Waals surface area contributed by atoms with E-state index < -0.39 is 10.0 Å². The Bertz CT molecular complexity index is 1490. The first kappa shape index (κ1) is 24.5. The van der Waals surface area contributed by atoms with Gasteiger partial charge < -0.3 is 9.15 Å². The summed E-state index contributed by atoms with van der Waals surface area (Å²) in [6.45, 7) is 2.55. The molecule has 4 aromatic rings. The van der Waals surface area contributed by atoms with Gasteiger partial charge in [-0.05, 0) is 61.7 Å². The second-order valence-corrected chi connectivity index (χ2v) is 11.5. The zero-order valence-corrected chi connectivity index (χ0v) is 21.7. The second kappa shape index (κ2) is 10.0. The van der Waals surface area contributed by atoms with E-state index in [1.807, 2.05) is 36.6 Å². The van der Waals surface area contributed by atoms with Gasteiger partial charge in [0, 0.05) is 35.0 Å². The zero-order valence-electron chi connectivity index (χ0n) is 20.1. The van der Waals surface area contributed by atoms with Crippen molar-refractivity contribution in [3.05, 3.63) is 59.5 Å². The van der Waals surface area contributed by atoms with Crippen LogP contribution in [0, 0.1) is 0 Å². The lowest BCUT2D eigenvalue weighted by molar-refractivity contribution is 0.102. The van der Waals surface area contributed by atoms with Crippen molar-refractivity contribution in [1.82, 2.24) is 9.29 Å². The molecule has 0 radical (unpaired) electrons. The molecule has 2 aromatic heterocycles. The van der Waals surface area contributed by atoms with E-state index in [1.165, 1.54) is 35.6 Å². The molecule has 0 spiro atoms. The number of anilines is 1. The quantitative estimate of drug-likeness (QED) is 0.329. The molecule has 2 aromatic carbocycles. The van der Waals surface area contributed by atoms with Crippen molar-refractivity contribution in [1.29, 1.82) is 0 Å². The molecule has 1 atom stereocenters. The number of nitrogens with one attached hydrogen (secondary N) is 1. The molecule has 0 bridgehead atoms. The monoisotopic (exact) mass is 525 g/mol. The first-order valence-corrected chi connectivity index (χ1v) is 14.2. The fourth-order valence-electron chi connectivity index (χ4n) is 4.49. The average Bonchev–Trinajstić information content (AvgIpc) is 3.55. The third kappa shape index (κ3) is 4.76. The molecule has 188 valence electrons. The average molecular weight is 526 g/mol. The smallest absolute Gasteiger partial charge is 0.257 e. The molecule has 1 N–H and O–H groups in total. The Morgan fingerprint density at radius 1 is 1.19 bits per heavy atom. The van der Waals surface area contributed by atoms with Crippen LogP contribution in [0.3, 0.4) is 0 Å². The van der Waals surface area contributed by atoms with Crippen molar-refractivity contribution in [2.45, 2.75) is 43.5 Å². The van der Waals surface area contributed by atoms with Gasteiger partial charge in [-0.25, -0.2) is 13.4 Å². The summed E-state index contributed by atoms with van der Waals surface area (Å²) in [5, 5.41) is 5.94. The number of carbonyl (C=O) groups excluding carboxylic acids is 1. The Hall–Kier alpha value is -3.21. The number of methoxy groups -OCH3 is 1. The third-order valence-electron chi connectivity index (χ3n) is 6.47. The summed E-state index contributed by atoms with van der Waals surface area (Å²) in [6, 6.07) is 13.6. The van der Waals surface area contributed by atoms with Crippen molar-refractivity contribution < 1.29 is 22.4 Å². The van der Waals surface area contributed by atoms with Gasteiger partial charge in [-0.2, -0.15) is 4.31 Å². The minimum Gasteiger partial charge on any atom is -0.497 e. The largest absolute Gasteiger partial charge is 0.497 e. The maximum Gasteiger partial charge on any atom is 0.257 e. The summed E-state index contributed by atoms with van der Waals surface area (Å²) >= 11 is 1.28. The maximum absolute atomic E-state index is 13.2. The van der Waals surface area contributed by atoms with Gasteiger partial charge in [0.1, 0.15) is 17.0 Å². The van der Waals surface area contributed by atoms with E-state index in [4.69, 9.17) is 9.15 Å². The topological polar surface area (TPSA) is 102 Å². The van der Waals surface area contributed by atoms with Crippen LogP contribution in [0.4, 0.5) is 5.13 Å². The number of furan rings is 1. The molecule has 1 aliphatic heterocycles.